The number of imide groups is 1. The topological polar surface area (TPSA) is 80.2 Å². The van der Waals surface area contributed by atoms with Gasteiger partial charge in [0.2, 0.25) is 5.95 Å². The molecule has 4 aromatic rings. The average Bonchev–Trinajstić information content (AvgIpc) is 2.93. The summed E-state index contributed by atoms with van der Waals surface area (Å²) in [6.45, 7) is 4.26. The van der Waals surface area contributed by atoms with Crippen LogP contribution < -0.4 is 4.90 Å². The number of anilines is 1. The van der Waals surface area contributed by atoms with Crippen LogP contribution in [-0.2, 0) is 6.42 Å². The van der Waals surface area contributed by atoms with E-state index in [9.17, 15) is 14.4 Å². The Morgan fingerprint density at radius 2 is 1.41 bits per heavy atom. The minimum Gasteiger partial charge on any atom is -0.294 e. The lowest BCUT2D eigenvalue weighted by atomic mass is 9.81. The Morgan fingerprint density at radius 3 is 1.95 bits per heavy atom. The van der Waals surface area contributed by atoms with Gasteiger partial charge in [-0.05, 0) is 53.6 Å². The predicted molar refractivity (Wildman–Crippen MR) is 152 cm³/mol. The number of nitrogens with zero attached hydrogens (tertiary/aromatic N) is 3. The number of carbonyl (C=O) groups excluding carboxylic acids is 3. The Balaban J connectivity index is 1.56. The smallest absolute Gasteiger partial charge is 0.269 e. The molecule has 1 aliphatic rings. The molecule has 5 rings (SSSR count). The molecule has 0 radical (unpaired) electrons. The largest absolute Gasteiger partial charge is 0.294 e. The molecule has 0 saturated carbocycles. The second kappa shape index (κ2) is 11.1. The van der Waals surface area contributed by atoms with Crippen LogP contribution in [0.4, 0.5) is 5.95 Å². The molecule has 0 spiro atoms. The van der Waals surface area contributed by atoms with Crippen LogP contribution in [0.5, 0.6) is 0 Å². The molecular weight excluding hydrogens is 533 g/mol. The highest BCUT2D eigenvalue weighted by Gasteiger charge is 2.33. The number of carbonyl (C=O) groups is 3. The quantitative estimate of drug-likeness (QED) is 0.240. The van der Waals surface area contributed by atoms with E-state index in [1.165, 1.54) is 23.9 Å². The maximum Gasteiger partial charge on any atom is 0.269 e. The molecule has 1 atom stereocenters. The van der Waals surface area contributed by atoms with E-state index in [1.54, 1.807) is 36.4 Å². The summed E-state index contributed by atoms with van der Waals surface area (Å²) in [5.41, 5.74) is 3.36. The van der Waals surface area contributed by atoms with Gasteiger partial charge in [-0.2, -0.15) is 0 Å². The van der Waals surface area contributed by atoms with Crippen molar-refractivity contribution in [2.24, 2.45) is 0 Å². The first-order chi connectivity index (χ1) is 18.7. The van der Waals surface area contributed by atoms with E-state index in [2.05, 4.69) is 48.1 Å². The fourth-order valence-corrected chi connectivity index (χ4v) is 5.15. The summed E-state index contributed by atoms with van der Waals surface area (Å²) in [5, 5.41) is 0.356. The van der Waals surface area contributed by atoms with E-state index < -0.39 is 11.8 Å². The molecule has 0 aliphatic heterocycles. The molecule has 0 fully saturated rings. The molecule has 1 unspecified atom stereocenters. The van der Waals surface area contributed by atoms with E-state index in [4.69, 9.17) is 23.2 Å². The van der Waals surface area contributed by atoms with Gasteiger partial charge < -0.3 is 0 Å². The van der Waals surface area contributed by atoms with Gasteiger partial charge in [-0.15, -0.1) is 0 Å². The van der Waals surface area contributed by atoms with Gasteiger partial charge in [0.25, 0.3) is 11.8 Å². The molecule has 39 heavy (non-hydrogen) atoms. The molecule has 196 valence electrons. The number of halogens is 2. The predicted octanol–water partition coefficient (Wildman–Crippen LogP) is 7.31. The summed E-state index contributed by atoms with van der Waals surface area (Å²) in [6, 6.07) is 21.1. The normalized spacial score (nSPS) is 14.7. The number of aromatic nitrogens is 2. The molecular formula is C31H25Cl2N3O3. The van der Waals surface area contributed by atoms with Gasteiger partial charge >= 0.3 is 0 Å². The van der Waals surface area contributed by atoms with Crippen LogP contribution in [0, 0.1) is 0 Å². The Bertz CT molecular complexity index is 1530. The van der Waals surface area contributed by atoms with Gasteiger partial charge in [-0.25, -0.2) is 14.9 Å². The first-order valence-electron chi connectivity index (χ1n) is 12.6. The third kappa shape index (κ3) is 5.35. The summed E-state index contributed by atoms with van der Waals surface area (Å²) >= 11 is 12.6. The number of ketones is 1. The number of hydrogen-bond donors (Lipinski definition) is 0. The van der Waals surface area contributed by atoms with Crippen LogP contribution in [-0.4, -0.2) is 27.6 Å². The third-order valence-corrected chi connectivity index (χ3v) is 7.58. The number of fused-ring (bicyclic) bond motifs is 1. The summed E-state index contributed by atoms with van der Waals surface area (Å²) < 4.78 is 0. The molecule has 1 aliphatic carbocycles. The second-order valence-electron chi connectivity index (χ2n) is 9.79. The van der Waals surface area contributed by atoms with Crippen LogP contribution in [0.3, 0.4) is 0 Å². The summed E-state index contributed by atoms with van der Waals surface area (Å²) in [6.07, 6.45) is 2.19. The maximum atomic E-state index is 13.7. The number of hydrogen-bond acceptors (Lipinski definition) is 5. The van der Waals surface area contributed by atoms with Gasteiger partial charge in [-0.1, -0.05) is 85.6 Å². The van der Waals surface area contributed by atoms with Gasteiger partial charge in [0.05, 0.1) is 32.4 Å². The van der Waals surface area contributed by atoms with E-state index in [1.807, 2.05) is 0 Å². The molecule has 2 amide bonds. The van der Waals surface area contributed by atoms with Gasteiger partial charge in [0, 0.05) is 12.6 Å². The van der Waals surface area contributed by atoms with Crippen molar-refractivity contribution >= 4 is 46.7 Å². The van der Waals surface area contributed by atoms with Gasteiger partial charge in [-0.3, -0.25) is 14.4 Å². The highest BCUT2D eigenvalue weighted by atomic mass is 35.5. The highest BCUT2D eigenvalue weighted by molar-refractivity contribution is 6.38. The fraction of sp³-hybridized carbons (Fsp3) is 0.194. The van der Waals surface area contributed by atoms with Crippen molar-refractivity contribution in [2.45, 2.75) is 38.5 Å². The summed E-state index contributed by atoms with van der Waals surface area (Å²) in [5.74, 6) is -1.31. The van der Waals surface area contributed by atoms with Crippen molar-refractivity contribution in [3.05, 3.63) is 123 Å². The lowest BCUT2D eigenvalue weighted by molar-refractivity contribution is 0.0894. The first-order valence-corrected chi connectivity index (χ1v) is 13.4. The third-order valence-electron chi connectivity index (χ3n) is 6.92. The van der Waals surface area contributed by atoms with Gasteiger partial charge in [0.15, 0.2) is 5.78 Å². The van der Waals surface area contributed by atoms with Crippen LogP contribution >= 0.6 is 23.2 Å². The van der Waals surface area contributed by atoms with Crippen molar-refractivity contribution in [1.29, 1.82) is 0 Å². The molecule has 6 nitrogen and oxygen atoms in total. The van der Waals surface area contributed by atoms with Gasteiger partial charge in [0.1, 0.15) is 0 Å². The number of rotatable bonds is 5. The molecule has 0 saturated heterocycles. The minimum atomic E-state index is -0.701. The van der Waals surface area contributed by atoms with Crippen molar-refractivity contribution in [1.82, 2.24) is 9.97 Å². The van der Waals surface area contributed by atoms with Crippen molar-refractivity contribution in [2.75, 3.05) is 4.90 Å². The maximum absolute atomic E-state index is 13.7. The highest BCUT2D eigenvalue weighted by Crippen LogP contribution is 2.34. The fourth-order valence-electron chi connectivity index (χ4n) is 4.72. The summed E-state index contributed by atoms with van der Waals surface area (Å²) in [4.78, 5) is 50.3. The Labute approximate surface area is 236 Å². The number of benzene rings is 3. The van der Waals surface area contributed by atoms with Crippen LogP contribution in [0.2, 0.25) is 10.0 Å². The van der Waals surface area contributed by atoms with Crippen molar-refractivity contribution < 1.29 is 14.4 Å². The molecule has 0 bridgehead atoms. The van der Waals surface area contributed by atoms with Crippen molar-refractivity contribution in [3.8, 4) is 0 Å². The molecule has 8 heteroatoms. The first kappa shape index (κ1) is 26.7. The zero-order valence-corrected chi connectivity index (χ0v) is 22.9. The zero-order valence-electron chi connectivity index (χ0n) is 21.4. The van der Waals surface area contributed by atoms with Crippen molar-refractivity contribution in [3.63, 3.8) is 0 Å². The zero-order chi connectivity index (χ0) is 27.7. The Morgan fingerprint density at radius 1 is 0.846 bits per heavy atom. The molecule has 3 aromatic carbocycles. The summed E-state index contributed by atoms with van der Waals surface area (Å²) in [7, 11) is 0. The lowest BCUT2D eigenvalue weighted by Gasteiger charge is -2.25. The molecule has 1 aromatic heterocycles. The van der Waals surface area contributed by atoms with Crippen LogP contribution in [0.1, 0.15) is 80.0 Å². The van der Waals surface area contributed by atoms with E-state index in [-0.39, 0.29) is 38.8 Å². The molecule has 1 heterocycles. The van der Waals surface area contributed by atoms with Crippen LogP contribution in [0.25, 0.3) is 0 Å². The Hall–Kier alpha value is -3.87. The SMILES string of the molecule is CC(C)c1ccc(C2CC(=O)c3cnc(N(C(=O)c4ccccc4Cl)C(=O)c4ccccc4Cl)nc3C2)cc1. The minimum absolute atomic E-state index is 0.0813. The standard InChI is InChI=1S/C31H25Cl2N3O3/c1-18(2)19-11-13-20(14-12-19)21-15-27-24(28(37)16-21)17-34-31(35-27)36(29(38)22-7-3-5-9-25(22)32)30(39)23-8-4-6-10-26(23)33/h3-14,17-18,21H,15-16H2,1-2H3. The van der Waals surface area contributed by atoms with E-state index in [0.29, 0.717) is 30.0 Å². The van der Waals surface area contributed by atoms with Crippen LogP contribution in [0.15, 0.2) is 79.0 Å². The number of Topliss-reactive ketones (excluding diaryl/α,β-unsaturated/α-hetero) is 1. The van der Waals surface area contributed by atoms with E-state index in [0.717, 1.165) is 10.5 Å². The monoisotopic (exact) mass is 557 g/mol. The number of amides is 2. The average molecular weight is 558 g/mol. The van der Waals surface area contributed by atoms with E-state index >= 15 is 0 Å². The Kier molecular flexibility index (Phi) is 7.60. The molecule has 0 N–H and O–H groups in total. The second-order valence-corrected chi connectivity index (χ2v) is 10.6. The lowest BCUT2D eigenvalue weighted by Crippen LogP contribution is -2.39.